The van der Waals surface area contributed by atoms with E-state index in [9.17, 15) is 32.0 Å². The molecule has 1 aromatic carbocycles. The Hall–Kier alpha value is -3.48. The molecule has 0 aliphatic heterocycles. The third kappa shape index (κ3) is 3.61. The highest BCUT2D eigenvalue weighted by Gasteiger charge is 2.58. The van der Waals surface area contributed by atoms with Gasteiger partial charge in [0.05, 0.1) is 23.4 Å². The normalized spacial score (nSPS) is 23.0. The number of pyridine rings is 2. The Balaban J connectivity index is 1.93. The first-order chi connectivity index (χ1) is 15.5. The number of methoxy groups -OCH3 is 1. The number of hydrogen-bond donors (Lipinski definition) is 1. The van der Waals surface area contributed by atoms with Crippen molar-refractivity contribution >= 4 is 10.9 Å². The second-order valence-electron chi connectivity index (χ2n) is 8.45. The summed E-state index contributed by atoms with van der Waals surface area (Å²) in [6.07, 6.45) is -4.06. The van der Waals surface area contributed by atoms with Crippen molar-refractivity contribution in [2.75, 3.05) is 7.11 Å². The van der Waals surface area contributed by atoms with Gasteiger partial charge in [-0.2, -0.15) is 22.8 Å². The molecule has 10 heteroatoms. The minimum absolute atomic E-state index is 0.0299. The summed E-state index contributed by atoms with van der Waals surface area (Å²) in [7, 11) is 1.11. The molecule has 1 aliphatic carbocycles. The molecule has 1 N–H and O–H groups in total. The Morgan fingerprint density at radius 2 is 1.91 bits per heavy atom. The minimum Gasteiger partial charge on any atom is -0.493 e. The molecule has 0 radical (unpaired) electrons. The quantitative estimate of drug-likeness (QED) is 0.534. The maximum atomic E-state index is 14.4. The van der Waals surface area contributed by atoms with E-state index < -0.39 is 52.7 Å². The molecule has 2 aromatic heterocycles. The molecule has 4 rings (SSSR count). The third-order valence-corrected chi connectivity index (χ3v) is 6.46. The topological polar surface area (TPSA) is 78.8 Å². The van der Waals surface area contributed by atoms with Crippen LogP contribution in [0.2, 0.25) is 0 Å². The lowest BCUT2D eigenvalue weighted by Crippen LogP contribution is -2.32. The minimum atomic E-state index is -4.57. The van der Waals surface area contributed by atoms with E-state index in [-0.39, 0.29) is 34.3 Å². The lowest BCUT2D eigenvalue weighted by Gasteiger charge is -2.27. The van der Waals surface area contributed by atoms with Crippen molar-refractivity contribution in [1.29, 1.82) is 5.26 Å². The van der Waals surface area contributed by atoms with Gasteiger partial charge in [0.2, 0.25) is 5.82 Å². The largest absolute Gasteiger partial charge is 0.493 e. The highest BCUT2D eigenvalue weighted by Crippen LogP contribution is 2.61. The molecule has 2 heterocycles. The van der Waals surface area contributed by atoms with Gasteiger partial charge in [0.1, 0.15) is 6.07 Å². The van der Waals surface area contributed by atoms with E-state index in [0.717, 1.165) is 26.2 Å². The van der Waals surface area contributed by atoms with Crippen LogP contribution in [0.25, 0.3) is 10.9 Å². The van der Waals surface area contributed by atoms with Gasteiger partial charge < -0.3 is 9.72 Å². The van der Waals surface area contributed by atoms with E-state index in [2.05, 4.69) is 9.97 Å². The first-order valence-corrected chi connectivity index (χ1v) is 10.0. The molecule has 0 saturated heterocycles. The molecule has 3 atom stereocenters. The summed E-state index contributed by atoms with van der Waals surface area (Å²) in [5.41, 5.74) is -2.28. The molecule has 0 amide bonds. The van der Waals surface area contributed by atoms with Crippen LogP contribution in [0, 0.1) is 28.4 Å². The van der Waals surface area contributed by atoms with Gasteiger partial charge in [-0.1, -0.05) is 13.0 Å². The molecule has 1 saturated carbocycles. The van der Waals surface area contributed by atoms with Crippen molar-refractivity contribution in [1.82, 2.24) is 9.97 Å². The average Bonchev–Trinajstić information content (AvgIpc) is 3.13. The van der Waals surface area contributed by atoms with Crippen molar-refractivity contribution < 1.29 is 26.7 Å². The molecule has 1 aliphatic rings. The summed E-state index contributed by atoms with van der Waals surface area (Å²) in [5.74, 6) is -4.74. The van der Waals surface area contributed by atoms with Crippen molar-refractivity contribution in [3.05, 3.63) is 69.3 Å². The second-order valence-corrected chi connectivity index (χ2v) is 8.45. The maximum absolute atomic E-state index is 14.4. The van der Waals surface area contributed by atoms with Crippen molar-refractivity contribution in [3.8, 4) is 11.8 Å². The number of fused-ring (bicyclic) bond motifs is 1. The number of rotatable bonds is 3. The fourth-order valence-corrected chi connectivity index (χ4v) is 4.77. The second kappa shape index (κ2) is 7.83. The lowest BCUT2D eigenvalue weighted by atomic mass is 9.85. The number of H-pyrrole nitrogens is 1. The van der Waals surface area contributed by atoms with Gasteiger partial charge in [-0.25, -0.2) is 9.37 Å². The van der Waals surface area contributed by atoms with E-state index in [4.69, 9.17) is 4.74 Å². The van der Waals surface area contributed by atoms with E-state index >= 15 is 0 Å². The van der Waals surface area contributed by atoms with Crippen LogP contribution < -0.4 is 10.2 Å². The predicted molar refractivity (Wildman–Crippen MR) is 109 cm³/mol. The van der Waals surface area contributed by atoms with E-state index in [1.807, 2.05) is 6.07 Å². The lowest BCUT2D eigenvalue weighted by molar-refractivity contribution is -0.216. The zero-order chi connectivity index (χ0) is 24.1. The molecule has 0 spiro atoms. The number of nitrogens with zero attached hydrogens (tertiary/aromatic N) is 2. The first-order valence-electron chi connectivity index (χ1n) is 10.0. The molecule has 5 nitrogen and oxygen atoms in total. The molecule has 172 valence electrons. The van der Waals surface area contributed by atoms with Crippen LogP contribution in [0.5, 0.6) is 5.75 Å². The van der Waals surface area contributed by atoms with Crippen LogP contribution >= 0.6 is 0 Å². The highest BCUT2D eigenvalue weighted by molar-refractivity contribution is 5.82. The van der Waals surface area contributed by atoms with Gasteiger partial charge in [-0.15, -0.1) is 0 Å². The van der Waals surface area contributed by atoms with E-state index in [0.29, 0.717) is 0 Å². The van der Waals surface area contributed by atoms with Crippen molar-refractivity contribution in [2.45, 2.75) is 37.8 Å². The number of ether oxygens (including phenoxy) is 1. The van der Waals surface area contributed by atoms with Crippen molar-refractivity contribution in [2.24, 2.45) is 5.41 Å². The first kappa shape index (κ1) is 22.7. The number of halogens is 5. The summed E-state index contributed by atoms with van der Waals surface area (Å²) in [6, 6.07) is 6.49. The van der Waals surface area contributed by atoms with Gasteiger partial charge in [-0.3, -0.25) is 4.79 Å². The summed E-state index contributed by atoms with van der Waals surface area (Å²) in [4.78, 5) is 19.6. The summed E-state index contributed by atoms with van der Waals surface area (Å²) >= 11 is 0. The molecule has 3 aromatic rings. The third-order valence-electron chi connectivity index (χ3n) is 6.46. The Morgan fingerprint density at radius 3 is 2.55 bits per heavy atom. The smallest absolute Gasteiger partial charge is 0.394 e. The Kier molecular flexibility index (Phi) is 5.39. The fraction of sp³-hybridized carbons (Fsp3) is 0.348. The molecule has 0 bridgehead atoms. The number of nitrogens with one attached hydrogen (secondary N) is 1. The van der Waals surface area contributed by atoms with Crippen LogP contribution in [0.3, 0.4) is 0 Å². The zero-order valence-electron chi connectivity index (χ0n) is 17.6. The van der Waals surface area contributed by atoms with Gasteiger partial charge in [-0.05, 0) is 30.9 Å². The Bertz CT molecular complexity index is 1340. The molecular weight excluding hydrogens is 445 g/mol. The Morgan fingerprint density at radius 1 is 1.21 bits per heavy atom. The summed E-state index contributed by atoms with van der Waals surface area (Å²) in [5, 5.41) is 9.26. The number of benzene rings is 1. The van der Waals surface area contributed by atoms with Crippen LogP contribution in [-0.4, -0.2) is 23.3 Å². The van der Waals surface area contributed by atoms with E-state index in [1.54, 1.807) is 0 Å². The zero-order valence-corrected chi connectivity index (χ0v) is 17.6. The van der Waals surface area contributed by atoms with Gasteiger partial charge >= 0.3 is 6.18 Å². The molecule has 1 fully saturated rings. The SMILES string of the molecule is COc1c([C@@H]2C[C@](C)(C(F)(F)F)C[C@H]2c2cc(=O)c3c(C#N)nccc3[nH]2)ccc(F)c1F. The Labute approximate surface area is 184 Å². The van der Waals surface area contributed by atoms with Gasteiger partial charge in [0.15, 0.2) is 22.7 Å². The molecule has 33 heavy (non-hydrogen) atoms. The molecule has 0 unspecified atom stereocenters. The number of alkyl halides is 3. The highest BCUT2D eigenvalue weighted by atomic mass is 19.4. The van der Waals surface area contributed by atoms with Crippen LogP contribution in [-0.2, 0) is 0 Å². The maximum Gasteiger partial charge on any atom is 0.394 e. The molecular formula is C23H18F5N3O2. The number of hydrogen-bond acceptors (Lipinski definition) is 4. The number of aromatic amines is 1. The number of nitriles is 1. The van der Waals surface area contributed by atoms with Gasteiger partial charge in [0, 0.05) is 29.4 Å². The van der Waals surface area contributed by atoms with E-state index in [1.165, 1.54) is 18.3 Å². The number of aromatic nitrogens is 2. The van der Waals surface area contributed by atoms with Crippen LogP contribution in [0.15, 0.2) is 35.3 Å². The van der Waals surface area contributed by atoms with Crippen molar-refractivity contribution in [3.63, 3.8) is 0 Å². The average molecular weight is 463 g/mol. The van der Waals surface area contributed by atoms with Gasteiger partial charge in [0.25, 0.3) is 0 Å². The van der Waals surface area contributed by atoms with Crippen LogP contribution in [0.1, 0.15) is 48.6 Å². The monoisotopic (exact) mass is 463 g/mol. The fourth-order valence-electron chi connectivity index (χ4n) is 4.77. The predicted octanol–water partition coefficient (Wildman–Crippen LogP) is 5.31. The summed E-state index contributed by atoms with van der Waals surface area (Å²) < 4.78 is 75.2. The standard InChI is InChI=1S/C23H18F5N3O2/c1-22(23(26,27)28)8-12(11-3-4-14(24)20(25)21(11)33-2)13(9-22)16-7-18(32)19-15(31-16)5-6-30-17(19)10-29/h3-7,12-13H,8-9H2,1-2H3,(H,31,32)/t12-,13+,22-/m0/s1. The van der Waals surface area contributed by atoms with Crippen LogP contribution in [0.4, 0.5) is 22.0 Å². The summed E-state index contributed by atoms with van der Waals surface area (Å²) in [6.45, 7) is 1.07.